The largest absolute Gasteiger partial charge is 0.481 e. The highest BCUT2D eigenvalue weighted by atomic mass is 16.5. The van der Waals surface area contributed by atoms with E-state index >= 15 is 0 Å². The lowest BCUT2D eigenvalue weighted by atomic mass is 9.32. The Hall–Kier alpha value is -1.73. The van der Waals surface area contributed by atoms with Crippen LogP contribution < -0.4 is 0 Å². The van der Waals surface area contributed by atoms with E-state index in [2.05, 4.69) is 27.7 Å². The van der Waals surface area contributed by atoms with Gasteiger partial charge in [0.1, 0.15) is 11.5 Å². The van der Waals surface area contributed by atoms with Crippen molar-refractivity contribution in [1.82, 2.24) is 0 Å². The van der Waals surface area contributed by atoms with Gasteiger partial charge in [-0.1, -0.05) is 47.1 Å². The van der Waals surface area contributed by atoms with Crippen LogP contribution in [0.4, 0.5) is 0 Å². The summed E-state index contributed by atoms with van der Waals surface area (Å²) < 4.78 is 5.56. The molecule has 0 bridgehead atoms. The number of hydrogen-bond acceptors (Lipinski definition) is 6. The highest BCUT2D eigenvalue weighted by Gasteiger charge is 2.76. The van der Waals surface area contributed by atoms with E-state index in [4.69, 9.17) is 4.74 Å². The van der Waals surface area contributed by atoms with Crippen LogP contribution in [0.2, 0.25) is 0 Å². The number of aliphatic hydroxyl groups is 2. The first-order valence-corrected chi connectivity index (χ1v) is 14.9. The van der Waals surface area contributed by atoms with Gasteiger partial charge in [0.2, 0.25) is 0 Å². The van der Waals surface area contributed by atoms with Gasteiger partial charge in [0.25, 0.3) is 0 Å². The zero-order valence-corrected chi connectivity index (χ0v) is 24.9. The summed E-state index contributed by atoms with van der Waals surface area (Å²) in [5.41, 5.74) is -3.15. The first kappa shape index (κ1) is 28.8. The second kappa shape index (κ2) is 8.64. The number of ether oxygens (including phenoxy) is 1. The van der Waals surface area contributed by atoms with E-state index in [1.54, 1.807) is 6.92 Å². The zero-order valence-electron chi connectivity index (χ0n) is 24.9. The Labute approximate surface area is 232 Å². The van der Waals surface area contributed by atoms with Gasteiger partial charge in [-0.15, -0.1) is 0 Å². The van der Waals surface area contributed by atoms with Gasteiger partial charge < -0.3 is 20.1 Å². The second-order valence-corrected chi connectivity index (χ2v) is 15.2. The molecule has 4 fully saturated rings. The maximum atomic E-state index is 14.4. The first-order chi connectivity index (χ1) is 17.9. The van der Waals surface area contributed by atoms with Gasteiger partial charge in [-0.3, -0.25) is 14.4 Å². The summed E-state index contributed by atoms with van der Waals surface area (Å²) in [4.78, 5) is 39.3. The van der Waals surface area contributed by atoms with Crippen LogP contribution in [0.15, 0.2) is 11.6 Å². The van der Waals surface area contributed by atoms with Crippen LogP contribution in [0.3, 0.4) is 0 Å². The molecule has 0 aromatic carbocycles. The number of rotatable bonds is 2. The van der Waals surface area contributed by atoms with Crippen LogP contribution in [0.25, 0.3) is 0 Å². The number of esters is 1. The lowest BCUT2D eigenvalue weighted by Crippen LogP contribution is -2.74. The maximum Gasteiger partial charge on any atom is 0.313 e. The van der Waals surface area contributed by atoms with E-state index in [9.17, 15) is 29.7 Å². The number of fused-ring (bicyclic) bond motifs is 7. The van der Waals surface area contributed by atoms with Crippen LogP contribution in [0.1, 0.15) is 93.9 Å². The summed E-state index contributed by atoms with van der Waals surface area (Å²) in [6.07, 6.45) is 2.94. The standard InChI is InChI=1S/C32H48O7/c1-16-9-11-28(4)15-23(36)31(7)19(25(28)17(16)2)13-20(34)26-29(5)12-10-24(39-18(3)33)30(6,27(37)38)21(29)14-22(35)32(26,31)8/h13,16-17,21-26,35-36H,9-12,14-15H2,1-8H3,(H,37,38)/t16-,17+,21-,22+,23+,24-,25+,26-,28-,29+,30-,31+,32-/m1/s1. The van der Waals surface area contributed by atoms with E-state index in [1.165, 1.54) is 6.92 Å². The minimum Gasteiger partial charge on any atom is -0.481 e. The molecule has 5 aliphatic rings. The third kappa shape index (κ3) is 3.38. The third-order valence-corrected chi connectivity index (χ3v) is 13.6. The fraction of sp³-hybridized carbons (Fsp3) is 0.844. The molecule has 0 aromatic heterocycles. The second-order valence-electron chi connectivity index (χ2n) is 15.2. The Kier molecular flexibility index (Phi) is 6.38. The molecule has 0 unspecified atom stereocenters. The van der Waals surface area contributed by atoms with Crippen molar-refractivity contribution >= 4 is 17.7 Å². The van der Waals surface area contributed by atoms with Crippen molar-refractivity contribution < 1.29 is 34.4 Å². The molecule has 5 aliphatic carbocycles. The number of carbonyl (C=O) groups excluding carboxylic acids is 2. The fourth-order valence-electron chi connectivity index (χ4n) is 11.1. The molecule has 4 saturated carbocycles. The summed E-state index contributed by atoms with van der Waals surface area (Å²) in [6, 6.07) is 0. The van der Waals surface area contributed by atoms with Gasteiger partial charge in [0.15, 0.2) is 5.78 Å². The monoisotopic (exact) mass is 544 g/mol. The average Bonchev–Trinajstić information content (AvgIpc) is 2.82. The Balaban J connectivity index is 1.69. The number of allylic oxidation sites excluding steroid dienone is 1. The topological polar surface area (TPSA) is 121 Å². The maximum absolute atomic E-state index is 14.4. The summed E-state index contributed by atoms with van der Waals surface area (Å²) in [5.74, 6) is -1.95. The number of carbonyl (C=O) groups is 3. The molecule has 3 N–H and O–H groups in total. The van der Waals surface area contributed by atoms with Crippen LogP contribution in [-0.2, 0) is 19.1 Å². The van der Waals surface area contributed by atoms with Crippen molar-refractivity contribution in [3.63, 3.8) is 0 Å². The van der Waals surface area contributed by atoms with Crippen molar-refractivity contribution in [1.29, 1.82) is 0 Å². The van der Waals surface area contributed by atoms with E-state index in [0.29, 0.717) is 31.1 Å². The van der Waals surface area contributed by atoms with E-state index < -0.39 is 63.7 Å². The van der Waals surface area contributed by atoms with Gasteiger partial charge >= 0.3 is 11.9 Å². The Bertz CT molecular complexity index is 1130. The number of aliphatic carboxylic acids is 1. The highest BCUT2D eigenvalue weighted by Crippen LogP contribution is 2.75. The number of aliphatic hydroxyl groups excluding tert-OH is 2. The lowest BCUT2D eigenvalue weighted by molar-refractivity contribution is -0.259. The van der Waals surface area contributed by atoms with Gasteiger partial charge in [0.05, 0.1) is 12.2 Å². The number of hydrogen-bond donors (Lipinski definition) is 3. The van der Waals surface area contributed by atoms with E-state index in [0.717, 1.165) is 18.4 Å². The summed E-state index contributed by atoms with van der Waals surface area (Å²) in [6.45, 7) is 15.7. The molecule has 0 saturated heterocycles. The normalized spacial score (nSPS) is 54.8. The van der Waals surface area contributed by atoms with Crippen molar-refractivity contribution in [2.45, 2.75) is 112 Å². The molecule has 0 aliphatic heterocycles. The molecule has 7 heteroatoms. The van der Waals surface area contributed by atoms with Crippen LogP contribution in [0.5, 0.6) is 0 Å². The van der Waals surface area contributed by atoms with Crippen molar-refractivity contribution in [2.75, 3.05) is 0 Å². The minimum atomic E-state index is -1.46. The summed E-state index contributed by atoms with van der Waals surface area (Å²) in [5, 5.41) is 34.7. The van der Waals surface area contributed by atoms with Crippen molar-refractivity contribution in [2.24, 2.45) is 56.7 Å². The molecule has 0 aromatic rings. The van der Waals surface area contributed by atoms with Crippen molar-refractivity contribution in [3.05, 3.63) is 11.6 Å². The molecule has 0 heterocycles. The van der Waals surface area contributed by atoms with Crippen LogP contribution in [0, 0.1) is 56.7 Å². The van der Waals surface area contributed by atoms with E-state index in [1.807, 2.05) is 19.9 Å². The van der Waals surface area contributed by atoms with E-state index in [-0.39, 0.29) is 23.5 Å². The lowest BCUT2D eigenvalue weighted by Gasteiger charge is -2.72. The van der Waals surface area contributed by atoms with Crippen LogP contribution >= 0.6 is 0 Å². The molecular formula is C32H48O7. The van der Waals surface area contributed by atoms with Crippen LogP contribution in [-0.4, -0.2) is 51.4 Å². The SMILES string of the molecule is CC(=O)O[C@@H]1CC[C@@]2(C)[C@@H](C[C@H](O)[C@]3(C)[C@@H]2C(=O)C=C2[C@@H]4[C@@H](C)[C@H](C)CC[C@]4(C)C[C@H](O)[C@]23C)[C@@]1(C)C(=O)O. The first-order valence-electron chi connectivity index (χ1n) is 14.9. The molecule has 0 amide bonds. The number of ketones is 1. The molecule has 7 nitrogen and oxygen atoms in total. The number of carboxylic acids is 1. The van der Waals surface area contributed by atoms with Gasteiger partial charge in [-0.05, 0) is 86.0 Å². The smallest absolute Gasteiger partial charge is 0.313 e. The number of carboxylic acid groups (broad SMARTS) is 1. The average molecular weight is 545 g/mol. The molecule has 0 spiro atoms. The summed E-state index contributed by atoms with van der Waals surface area (Å²) >= 11 is 0. The molecular weight excluding hydrogens is 496 g/mol. The Morgan fingerprint density at radius 3 is 2.23 bits per heavy atom. The molecule has 13 atom stereocenters. The molecule has 5 rings (SSSR count). The predicted octanol–water partition coefficient (Wildman–Crippen LogP) is 4.78. The minimum absolute atomic E-state index is 0.0585. The Morgan fingerprint density at radius 1 is 1.00 bits per heavy atom. The zero-order chi connectivity index (χ0) is 29.1. The predicted molar refractivity (Wildman–Crippen MR) is 145 cm³/mol. The molecule has 39 heavy (non-hydrogen) atoms. The molecule has 218 valence electrons. The third-order valence-electron chi connectivity index (χ3n) is 13.6. The van der Waals surface area contributed by atoms with Crippen molar-refractivity contribution in [3.8, 4) is 0 Å². The molecule has 0 radical (unpaired) electrons. The van der Waals surface area contributed by atoms with Gasteiger partial charge in [0, 0.05) is 23.7 Å². The summed E-state index contributed by atoms with van der Waals surface area (Å²) in [7, 11) is 0. The van der Waals surface area contributed by atoms with Gasteiger partial charge in [-0.25, -0.2) is 0 Å². The fourth-order valence-corrected chi connectivity index (χ4v) is 11.1. The Morgan fingerprint density at radius 2 is 1.64 bits per heavy atom. The van der Waals surface area contributed by atoms with Gasteiger partial charge in [-0.2, -0.15) is 0 Å². The highest BCUT2D eigenvalue weighted by molar-refractivity contribution is 5.96. The quantitative estimate of drug-likeness (QED) is 0.428.